The average molecular weight is 383 g/mol. The Hall–Kier alpha value is -2.41. The maximum Gasteiger partial charge on any atom is 0.251 e. The number of benzene rings is 2. The molecule has 1 saturated heterocycles. The van der Waals surface area contributed by atoms with Gasteiger partial charge in [0.15, 0.2) is 0 Å². The van der Waals surface area contributed by atoms with E-state index in [-0.39, 0.29) is 11.9 Å². The van der Waals surface area contributed by atoms with Crippen LogP contribution in [0.5, 0.6) is 5.75 Å². The molecule has 6 nitrogen and oxygen atoms in total. The number of hydrogen-bond donors (Lipinski definition) is 2. The number of amides is 1. The monoisotopic (exact) mass is 383 g/mol. The number of carbonyl (C=O) groups excluding carboxylic acids is 1. The summed E-state index contributed by atoms with van der Waals surface area (Å²) in [4.78, 5) is 14.1. The molecule has 1 fully saturated rings. The number of methoxy groups -OCH3 is 1. The van der Waals surface area contributed by atoms with Gasteiger partial charge < -0.3 is 20.1 Å². The SMILES string of the molecule is CNC(=O)c1ccc(CNCC(c2ccc(OC)cc2)N2CCOCC2)cc1. The third kappa shape index (κ3) is 5.32. The largest absolute Gasteiger partial charge is 0.497 e. The van der Waals surface area contributed by atoms with Gasteiger partial charge in [-0.1, -0.05) is 24.3 Å². The molecule has 0 spiro atoms. The molecule has 1 amide bonds. The van der Waals surface area contributed by atoms with E-state index in [0.717, 1.165) is 50.7 Å². The number of rotatable bonds is 8. The molecule has 1 unspecified atom stereocenters. The summed E-state index contributed by atoms with van der Waals surface area (Å²) in [7, 11) is 3.33. The molecule has 0 aliphatic carbocycles. The molecule has 0 radical (unpaired) electrons. The van der Waals surface area contributed by atoms with E-state index < -0.39 is 0 Å². The van der Waals surface area contributed by atoms with Crippen molar-refractivity contribution in [1.82, 2.24) is 15.5 Å². The molecule has 6 heteroatoms. The third-order valence-electron chi connectivity index (χ3n) is 5.10. The zero-order chi connectivity index (χ0) is 19.8. The number of hydrogen-bond acceptors (Lipinski definition) is 5. The van der Waals surface area contributed by atoms with E-state index >= 15 is 0 Å². The highest BCUT2D eigenvalue weighted by Crippen LogP contribution is 2.23. The highest BCUT2D eigenvalue weighted by Gasteiger charge is 2.22. The van der Waals surface area contributed by atoms with Crippen molar-refractivity contribution in [2.24, 2.45) is 0 Å². The zero-order valence-electron chi connectivity index (χ0n) is 16.6. The maximum absolute atomic E-state index is 11.7. The van der Waals surface area contributed by atoms with E-state index in [9.17, 15) is 4.79 Å². The summed E-state index contributed by atoms with van der Waals surface area (Å²) in [6.45, 7) is 4.99. The van der Waals surface area contributed by atoms with E-state index in [1.165, 1.54) is 5.56 Å². The van der Waals surface area contributed by atoms with Crippen LogP contribution < -0.4 is 15.4 Å². The van der Waals surface area contributed by atoms with Crippen LogP contribution in [0.2, 0.25) is 0 Å². The third-order valence-corrected chi connectivity index (χ3v) is 5.10. The van der Waals surface area contributed by atoms with Crippen LogP contribution in [0.4, 0.5) is 0 Å². The fraction of sp³-hybridized carbons (Fsp3) is 0.409. The first-order valence-electron chi connectivity index (χ1n) is 9.68. The van der Waals surface area contributed by atoms with E-state index in [1.54, 1.807) is 14.2 Å². The molecule has 1 atom stereocenters. The van der Waals surface area contributed by atoms with Gasteiger partial charge in [0.1, 0.15) is 5.75 Å². The molecule has 1 aliphatic rings. The van der Waals surface area contributed by atoms with Crippen molar-refractivity contribution in [3.8, 4) is 5.75 Å². The van der Waals surface area contributed by atoms with Gasteiger partial charge in [0, 0.05) is 44.8 Å². The molecule has 1 heterocycles. The van der Waals surface area contributed by atoms with Crippen LogP contribution >= 0.6 is 0 Å². The Morgan fingerprint density at radius 1 is 1.11 bits per heavy atom. The molecule has 2 aromatic carbocycles. The van der Waals surface area contributed by atoms with Gasteiger partial charge in [0.25, 0.3) is 5.91 Å². The average Bonchev–Trinajstić information content (AvgIpc) is 2.77. The number of nitrogens with one attached hydrogen (secondary N) is 2. The quantitative estimate of drug-likeness (QED) is 0.732. The van der Waals surface area contributed by atoms with Crippen LogP contribution in [0.25, 0.3) is 0 Å². The van der Waals surface area contributed by atoms with Crippen molar-refractivity contribution in [3.63, 3.8) is 0 Å². The molecular formula is C22H29N3O3. The van der Waals surface area contributed by atoms with Crippen molar-refractivity contribution in [2.75, 3.05) is 47.0 Å². The molecule has 0 bridgehead atoms. The minimum Gasteiger partial charge on any atom is -0.497 e. The Kier molecular flexibility index (Phi) is 7.42. The fourth-order valence-corrected chi connectivity index (χ4v) is 3.44. The highest BCUT2D eigenvalue weighted by atomic mass is 16.5. The smallest absolute Gasteiger partial charge is 0.251 e. The summed E-state index contributed by atoms with van der Waals surface area (Å²) in [5, 5.41) is 6.22. The summed E-state index contributed by atoms with van der Waals surface area (Å²) in [5.74, 6) is 0.806. The molecule has 150 valence electrons. The van der Waals surface area contributed by atoms with Gasteiger partial charge in [-0.05, 0) is 35.4 Å². The van der Waals surface area contributed by atoms with Crippen molar-refractivity contribution in [1.29, 1.82) is 0 Å². The van der Waals surface area contributed by atoms with E-state index in [0.29, 0.717) is 5.56 Å². The lowest BCUT2D eigenvalue weighted by atomic mass is 10.0. The molecule has 2 aromatic rings. The number of ether oxygens (including phenoxy) is 2. The van der Waals surface area contributed by atoms with Gasteiger partial charge in [-0.25, -0.2) is 0 Å². The van der Waals surface area contributed by atoms with Gasteiger partial charge in [-0.15, -0.1) is 0 Å². The van der Waals surface area contributed by atoms with Crippen molar-refractivity contribution in [3.05, 3.63) is 65.2 Å². The Bertz CT molecular complexity index is 741. The first-order chi connectivity index (χ1) is 13.7. The maximum atomic E-state index is 11.7. The lowest BCUT2D eigenvalue weighted by molar-refractivity contribution is 0.0161. The van der Waals surface area contributed by atoms with Crippen molar-refractivity contribution < 1.29 is 14.3 Å². The summed E-state index contributed by atoms with van der Waals surface area (Å²) in [6.07, 6.45) is 0. The van der Waals surface area contributed by atoms with Crippen LogP contribution in [-0.2, 0) is 11.3 Å². The van der Waals surface area contributed by atoms with Gasteiger partial charge in [-0.3, -0.25) is 9.69 Å². The fourth-order valence-electron chi connectivity index (χ4n) is 3.44. The van der Waals surface area contributed by atoms with Crippen LogP contribution in [0, 0.1) is 0 Å². The minimum atomic E-state index is -0.0635. The Morgan fingerprint density at radius 2 is 1.79 bits per heavy atom. The molecular weight excluding hydrogens is 354 g/mol. The number of nitrogens with zero attached hydrogens (tertiary/aromatic N) is 1. The van der Waals surface area contributed by atoms with E-state index in [2.05, 4.69) is 27.7 Å². The van der Waals surface area contributed by atoms with Crippen LogP contribution in [0.15, 0.2) is 48.5 Å². The summed E-state index contributed by atoms with van der Waals surface area (Å²) >= 11 is 0. The second-order valence-electron chi connectivity index (χ2n) is 6.84. The standard InChI is InChI=1S/C22H29N3O3/c1-23-22(26)19-5-3-17(4-6-19)15-24-16-21(25-11-13-28-14-12-25)18-7-9-20(27-2)10-8-18/h3-10,21,24H,11-16H2,1-2H3,(H,23,26). The lowest BCUT2D eigenvalue weighted by Crippen LogP contribution is -2.42. The first-order valence-corrected chi connectivity index (χ1v) is 9.68. The van der Waals surface area contributed by atoms with Gasteiger partial charge in [-0.2, -0.15) is 0 Å². The Morgan fingerprint density at radius 3 is 2.39 bits per heavy atom. The van der Waals surface area contributed by atoms with Crippen molar-refractivity contribution >= 4 is 5.91 Å². The molecule has 1 aliphatic heterocycles. The number of morpholine rings is 1. The van der Waals surface area contributed by atoms with Gasteiger partial charge in [0.2, 0.25) is 0 Å². The van der Waals surface area contributed by atoms with Crippen LogP contribution in [0.3, 0.4) is 0 Å². The summed E-state index contributed by atoms with van der Waals surface area (Å²) in [5.41, 5.74) is 3.10. The van der Waals surface area contributed by atoms with Gasteiger partial charge in [0.05, 0.1) is 20.3 Å². The summed E-state index contributed by atoms with van der Waals surface area (Å²) < 4.78 is 10.8. The lowest BCUT2D eigenvalue weighted by Gasteiger charge is -2.35. The zero-order valence-corrected chi connectivity index (χ0v) is 16.6. The Balaban J connectivity index is 1.63. The topological polar surface area (TPSA) is 62.8 Å². The highest BCUT2D eigenvalue weighted by molar-refractivity contribution is 5.93. The minimum absolute atomic E-state index is 0.0635. The molecule has 0 aromatic heterocycles. The summed E-state index contributed by atoms with van der Waals surface area (Å²) in [6, 6.07) is 16.3. The predicted molar refractivity (Wildman–Crippen MR) is 110 cm³/mol. The normalized spacial score (nSPS) is 15.8. The van der Waals surface area contributed by atoms with E-state index in [1.807, 2.05) is 36.4 Å². The predicted octanol–water partition coefficient (Wildman–Crippen LogP) is 2.22. The Labute approximate surface area is 166 Å². The van der Waals surface area contributed by atoms with Crippen molar-refractivity contribution in [2.45, 2.75) is 12.6 Å². The number of carbonyl (C=O) groups is 1. The molecule has 2 N–H and O–H groups in total. The molecule has 28 heavy (non-hydrogen) atoms. The van der Waals surface area contributed by atoms with E-state index in [4.69, 9.17) is 9.47 Å². The second-order valence-corrected chi connectivity index (χ2v) is 6.84. The first kappa shape index (κ1) is 20.3. The molecule has 3 rings (SSSR count). The molecule has 0 saturated carbocycles. The second kappa shape index (κ2) is 10.2. The van der Waals surface area contributed by atoms with Gasteiger partial charge >= 0.3 is 0 Å². The van der Waals surface area contributed by atoms with Crippen LogP contribution in [0.1, 0.15) is 27.5 Å². The van der Waals surface area contributed by atoms with Crippen LogP contribution in [-0.4, -0.2) is 57.8 Å².